The van der Waals surface area contributed by atoms with Crippen molar-refractivity contribution in [3.05, 3.63) is 28.2 Å². The fourth-order valence-corrected chi connectivity index (χ4v) is 3.00. The van der Waals surface area contributed by atoms with E-state index in [1.165, 1.54) is 0 Å². The van der Waals surface area contributed by atoms with Crippen LogP contribution in [0.25, 0.3) is 0 Å². The largest absolute Gasteiger partial charge is 0.399 e. The van der Waals surface area contributed by atoms with Gasteiger partial charge in [0.25, 0.3) is 5.91 Å². The molecule has 104 valence electrons. The number of hydrogen-bond donors (Lipinski definition) is 1. The molecule has 1 amide bonds. The quantitative estimate of drug-likeness (QED) is 0.848. The lowest BCUT2D eigenvalue weighted by atomic mass is 10.0. The molecule has 2 rings (SSSR count). The molecule has 1 aromatic rings. The molecule has 4 nitrogen and oxygen atoms in total. The highest BCUT2D eigenvalue weighted by Gasteiger charge is 2.24. The van der Waals surface area contributed by atoms with Crippen molar-refractivity contribution in [1.29, 1.82) is 0 Å². The molecule has 0 unspecified atom stereocenters. The molecule has 1 heterocycles. The maximum Gasteiger partial charge on any atom is 0.253 e. The Morgan fingerprint density at radius 3 is 2.58 bits per heavy atom. The van der Waals surface area contributed by atoms with E-state index in [2.05, 4.69) is 27.9 Å². The van der Waals surface area contributed by atoms with Crippen molar-refractivity contribution >= 4 is 27.5 Å². The average Bonchev–Trinajstić information content (AvgIpc) is 2.37. The van der Waals surface area contributed by atoms with Crippen LogP contribution in [0.1, 0.15) is 23.2 Å². The molecule has 1 aliphatic heterocycles. The molecule has 0 radical (unpaired) electrons. The summed E-state index contributed by atoms with van der Waals surface area (Å²) in [6.45, 7) is 2.09. The lowest BCUT2D eigenvalue weighted by molar-refractivity contribution is 0.0659. The zero-order valence-corrected chi connectivity index (χ0v) is 13.0. The van der Waals surface area contributed by atoms with Crippen LogP contribution in [0.3, 0.4) is 0 Å². The second-order valence-corrected chi connectivity index (χ2v) is 6.14. The van der Waals surface area contributed by atoms with Gasteiger partial charge in [0.1, 0.15) is 0 Å². The summed E-state index contributed by atoms with van der Waals surface area (Å²) in [5.74, 6) is 0.0440. The molecule has 0 spiro atoms. The minimum Gasteiger partial charge on any atom is -0.399 e. The SMILES string of the molecule is CN1CCC(N(C)C(=O)c2cc(N)cc(Br)c2)CC1. The van der Waals surface area contributed by atoms with E-state index in [9.17, 15) is 4.79 Å². The van der Waals surface area contributed by atoms with Crippen LogP contribution in [0, 0.1) is 0 Å². The number of piperidine rings is 1. The van der Waals surface area contributed by atoms with Crippen molar-refractivity contribution in [3.8, 4) is 0 Å². The number of carbonyl (C=O) groups is 1. The summed E-state index contributed by atoms with van der Waals surface area (Å²) in [5, 5.41) is 0. The molecular weight excluding hydrogens is 306 g/mol. The van der Waals surface area contributed by atoms with Gasteiger partial charge in [-0.05, 0) is 51.2 Å². The standard InChI is InChI=1S/C14H20BrN3O/c1-17-5-3-13(4-6-17)18(2)14(19)10-7-11(15)9-12(16)8-10/h7-9,13H,3-6,16H2,1-2H3. The van der Waals surface area contributed by atoms with Crippen molar-refractivity contribution in [2.75, 3.05) is 32.9 Å². The first-order valence-electron chi connectivity index (χ1n) is 6.49. The number of halogens is 1. The molecule has 0 atom stereocenters. The van der Waals surface area contributed by atoms with Gasteiger partial charge in [0.2, 0.25) is 0 Å². The van der Waals surface area contributed by atoms with Gasteiger partial charge >= 0.3 is 0 Å². The summed E-state index contributed by atoms with van der Waals surface area (Å²) < 4.78 is 0.840. The minimum atomic E-state index is 0.0440. The molecule has 0 aliphatic carbocycles. The summed E-state index contributed by atoms with van der Waals surface area (Å²) in [4.78, 5) is 16.6. The number of nitrogens with two attached hydrogens (primary N) is 1. The molecule has 1 saturated heterocycles. The first-order chi connectivity index (χ1) is 8.97. The van der Waals surface area contributed by atoms with Crippen LogP contribution in [0.4, 0.5) is 5.69 Å². The zero-order valence-electron chi connectivity index (χ0n) is 11.4. The Labute approximate surface area is 122 Å². The molecule has 19 heavy (non-hydrogen) atoms. The highest BCUT2D eigenvalue weighted by atomic mass is 79.9. The smallest absolute Gasteiger partial charge is 0.253 e. The van der Waals surface area contributed by atoms with Crippen molar-refractivity contribution in [2.24, 2.45) is 0 Å². The Bertz CT molecular complexity index is 450. The van der Waals surface area contributed by atoms with Crippen LogP contribution in [-0.4, -0.2) is 48.9 Å². The molecule has 0 bridgehead atoms. The van der Waals surface area contributed by atoms with Gasteiger partial charge in [0, 0.05) is 28.8 Å². The number of likely N-dealkylation sites (tertiary alicyclic amines) is 1. The van der Waals surface area contributed by atoms with Gasteiger partial charge in [-0.3, -0.25) is 4.79 Å². The van der Waals surface area contributed by atoms with Crippen LogP contribution >= 0.6 is 15.9 Å². The van der Waals surface area contributed by atoms with Crippen LogP contribution < -0.4 is 5.73 Å². The summed E-state index contributed by atoms with van der Waals surface area (Å²) in [5.41, 5.74) is 7.04. The number of nitrogens with zero attached hydrogens (tertiary/aromatic N) is 2. The average molecular weight is 326 g/mol. The molecule has 2 N–H and O–H groups in total. The summed E-state index contributed by atoms with van der Waals surface area (Å²) in [6, 6.07) is 5.68. The number of rotatable bonds is 2. The summed E-state index contributed by atoms with van der Waals surface area (Å²) >= 11 is 3.38. The van der Waals surface area contributed by atoms with Gasteiger partial charge in [0.05, 0.1) is 0 Å². The number of carbonyl (C=O) groups excluding carboxylic acids is 1. The molecule has 1 aromatic carbocycles. The summed E-state index contributed by atoms with van der Waals surface area (Å²) in [7, 11) is 4.00. The first kappa shape index (κ1) is 14.3. The minimum absolute atomic E-state index is 0.0440. The van der Waals surface area contributed by atoms with Crippen LogP contribution in [0.15, 0.2) is 22.7 Å². The predicted molar refractivity (Wildman–Crippen MR) is 81.2 cm³/mol. The Balaban J connectivity index is 2.10. The molecule has 1 fully saturated rings. The van der Waals surface area contributed by atoms with E-state index in [4.69, 9.17) is 5.73 Å². The normalized spacial score (nSPS) is 17.4. The summed E-state index contributed by atoms with van der Waals surface area (Å²) in [6.07, 6.45) is 2.06. The molecule has 0 saturated carbocycles. The third kappa shape index (κ3) is 3.48. The monoisotopic (exact) mass is 325 g/mol. The van der Waals surface area contributed by atoms with Crippen molar-refractivity contribution < 1.29 is 4.79 Å². The first-order valence-corrected chi connectivity index (χ1v) is 7.28. The number of amides is 1. The zero-order chi connectivity index (χ0) is 14.0. The molecule has 0 aromatic heterocycles. The molecular formula is C14H20BrN3O. The predicted octanol–water partition coefficient (Wildman–Crippen LogP) is 2.20. The van der Waals surface area contributed by atoms with Gasteiger partial charge in [0.15, 0.2) is 0 Å². The van der Waals surface area contributed by atoms with E-state index in [0.29, 0.717) is 17.3 Å². The number of benzene rings is 1. The maximum atomic E-state index is 12.5. The Hall–Kier alpha value is -1.07. The second-order valence-electron chi connectivity index (χ2n) is 5.22. The van der Waals surface area contributed by atoms with Gasteiger partial charge in [-0.1, -0.05) is 15.9 Å². The van der Waals surface area contributed by atoms with Crippen LogP contribution in [0.5, 0.6) is 0 Å². The lowest BCUT2D eigenvalue weighted by Crippen LogP contribution is -2.44. The van der Waals surface area contributed by atoms with Gasteiger partial charge in [-0.15, -0.1) is 0 Å². The fraction of sp³-hybridized carbons (Fsp3) is 0.500. The maximum absolute atomic E-state index is 12.5. The molecule has 5 heteroatoms. The fourth-order valence-electron chi connectivity index (χ4n) is 2.49. The number of hydrogen-bond acceptors (Lipinski definition) is 3. The van der Waals surface area contributed by atoms with Crippen LogP contribution in [0.2, 0.25) is 0 Å². The Morgan fingerprint density at radius 1 is 1.37 bits per heavy atom. The van der Waals surface area contributed by atoms with E-state index in [-0.39, 0.29) is 5.91 Å². The van der Waals surface area contributed by atoms with E-state index in [1.54, 1.807) is 12.1 Å². The van der Waals surface area contributed by atoms with Crippen molar-refractivity contribution in [3.63, 3.8) is 0 Å². The van der Waals surface area contributed by atoms with E-state index >= 15 is 0 Å². The Morgan fingerprint density at radius 2 is 2.00 bits per heavy atom. The van der Waals surface area contributed by atoms with Gasteiger partial charge < -0.3 is 15.5 Å². The lowest BCUT2D eigenvalue weighted by Gasteiger charge is -2.35. The number of anilines is 1. The third-order valence-electron chi connectivity index (χ3n) is 3.72. The van der Waals surface area contributed by atoms with E-state index < -0.39 is 0 Å². The molecule has 1 aliphatic rings. The van der Waals surface area contributed by atoms with Gasteiger partial charge in [-0.25, -0.2) is 0 Å². The van der Waals surface area contributed by atoms with Crippen molar-refractivity contribution in [1.82, 2.24) is 9.80 Å². The second kappa shape index (κ2) is 5.92. The third-order valence-corrected chi connectivity index (χ3v) is 4.18. The topological polar surface area (TPSA) is 49.6 Å². The highest BCUT2D eigenvalue weighted by Crippen LogP contribution is 2.21. The van der Waals surface area contributed by atoms with Gasteiger partial charge in [-0.2, -0.15) is 0 Å². The van der Waals surface area contributed by atoms with E-state index in [1.807, 2.05) is 18.0 Å². The highest BCUT2D eigenvalue weighted by molar-refractivity contribution is 9.10. The Kier molecular flexibility index (Phi) is 4.47. The van der Waals surface area contributed by atoms with Crippen molar-refractivity contribution in [2.45, 2.75) is 18.9 Å². The van der Waals surface area contributed by atoms with E-state index in [0.717, 1.165) is 30.4 Å². The number of nitrogen functional groups attached to an aromatic ring is 1. The van der Waals surface area contributed by atoms with Crippen LogP contribution in [-0.2, 0) is 0 Å².